The van der Waals surface area contributed by atoms with E-state index in [1.54, 1.807) is 0 Å². The lowest BCUT2D eigenvalue weighted by Gasteiger charge is -2.27. The Morgan fingerprint density at radius 3 is 2.83 bits per heavy atom. The summed E-state index contributed by atoms with van der Waals surface area (Å²) < 4.78 is 10.8. The van der Waals surface area contributed by atoms with Crippen molar-refractivity contribution in [2.75, 3.05) is 19.8 Å². The molecule has 0 aliphatic carbocycles. The van der Waals surface area contributed by atoms with Crippen LogP contribution < -0.4 is 10.1 Å². The zero-order chi connectivity index (χ0) is 13.0. The van der Waals surface area contributed by atoms with Crippen LogP contribution in [-0.2, 0) is 4.74 Å². The van der Waals surface area contributed by atoms with Crippen LogP contribution in [0.2, 0.25) is 5.02 Å². The number of ether oxygens (including phenoxy) is 2. The second-order valence-corrected chi connectivity index (χ2v) is 5.04. The smallest absolute Gasteiger partial charge is 0.145 e. The topological polar surface area (TPSA) is 30.5 Å². The average Bonchev–Trinajstić information content (AvgIpc) is 2.31. The fraction of sp³-hybridized carbons (Fsp3) is 0.571. The van der Waals surface area contributed by atoms with Crippen molar-refractivity contribution in [3.8, 4) is 5.75 Å². The fourth-order valence-electron chi connectivity index (χ4n) is 1.88. The molecule has 1 N–H and O–H groups in total. The monoisotopic (exact) mass is 269 g/mol. The molecule has 3 nitrogen and oxygen atoms in total. The van der Waals surface area contributed by atoms with Gasteiger partial charge in [-0.15, -0.1) is 0 Å². The quantitative estimate of drug-likeness (QED) is 0.860. The molecule has 0 saturated carbocycles. The molecule has 1 saturated heterocycles. The van der Waals surface area contributed by atoms with E-state index in [1.807, 2.05) is 18.2 Å². The van der Waals surface area contributed by atoms with Crippen molar-refractivity contribution in [1.29, 1.82) is 0 Å². The molecule has 1 unspecified atom stereocenters. The van der Waals surface area contributed by atoms with Crippen LogP contribution in [0.15, 0.2) is 18.2 Å². The molecule has 2 rings (SSSR count). The van der Waals surface area contributed by atoms with Crippen molar-refractivity contribution in [3.05, 3.63) is 28.8 Å². The van der Waals surface area contributed by atoms with Gasteiger partial charge in [-0.1, -0.05) is 24.6 Å². The van der Waals surface area contributed by atoms with Crippen LogP contribution in [0, 0.1) is 0 Å². The highest BCUT2D eigenvalue weighted by molar-refractivity contribution is 6.31. The first kappa shape index (κ1) is 13.7. The molecule has 1 fully saturated rings. The first-order valence-electron chi connectivity index (χ1n) is 6.48. The summed E-state index contributed by atoms with van der Waals surface area (Å²) in [6.45, 7) is 6.62. The van der Waals surface area contributed by atoms with E-state index in [0.717, 1.165) is 29.3 Å². The third kappa shape index (κ3) is 3.37. The molecule has 1 aliphatic heterocycles. The summed E-state index contributed by atoms with van der Waals surface area (Å²) >= 11 is 6.30. The number of benzene rings is 1. The van der Waals surface area contributed by atoms with Gasteiger partial charge < -0.3 is 14.8 Å². The lowest BCUT2D eigenvalue weighted by atomic mass is 10.1. The minimum atomic E-state index is 0.183. The van der Waals surface area contributed by atoms with Crippen molar-refractivity contribution >= 4 is 11.6 Å². The van der Waals surface area contributed by atoms with Crippen molar-refractivity contribution in [3.63, 3.8) is 0 Å². The van der Waals surface area contributed by atoms with Gasteiger partial charge in [0.05, 0.1) is 13.2 Å². The van der Waals surface area contributed by atoms with Gasteiger partial charge in [0.15, 0.2) is 0 Å². The van der Waals surface area contributed by atoms with E-state index in [9.17, 15) is 0 Å². The number of nitrogens with one attached hydrogen (secondary N) is 1. The van der Waals surface area contributed by atoms with Gasteiger partial charge in [0.2, 0.25) is 0 Å². The third-order valence-corrected chi connectivity index (χ3v) is 3.38. The largest absolute Gasteiger partial charge is 0.486 e. The van der Waals surface area contributed by atoms with E-state index >= 15 is 0 Å². The molecule has 0 spiro atoms. The highest BCUT2D eigenvalue weighted by Crippen LogP contribution is 2.28. The van der Waals surface area contributed by atoms with Gasteiger partial charge in [-0.3, -0.25) is 0 Å². The van der Waals surface area contributed by atoms with Gasteiger partial charge in [0, 0.05) is 11.1 Å². The van der Waals surface area contributed by atoms with Gasteiger partial charge in [-0.2, -0.15) is 0 Å². The maximum absolute atomic E-state index is 6.30. The number of hydrogen-bond donors (Lipinski definition) is 1. The predicted octanol–water partition coefficient (Wildman–Crippen LogP) is 3.18. The first-order chi connectivity index (χ1) is 8.70. The second-order valence-electron chi connectivity index (χ2n) is 4.64. The second kappa shape index (κ2) is 6.41. The molecular weight excluding hydrogens is 250 g/mol. The predicted molar refractivity (Wildman–Crippen MR) is 73.4 cm³/mol. The standard InChI is InChI=1S/C14H20ClNO2/c1-3-6-16-10(2)13-5-4-11(7-14(13)15)18-12-8-17-9-12/h4-5,7,10,12,16H,3,6,8-9H2,1-2H3. The Hall–Kier alpha value is -0.770. The van der Waals surface area contributed by atoms with Gasteiger partial charge in [0.25, 0.3) is 0 Å². The van der Waals surface area contributed by atoms with Crippen molar-refractivity contribution < 1.29 is 9.47 Å². The van der Waals surface area contributed by atoms with E-state index in [2.05, 4.69) is 19.2 Å². The van der Waals surface area contributed by atoms with Gasteiger partial charge in [0.1, 0.15) is 11.9 Å². The Morgan fingerprint density at radius 1 is 1.50 bits per heavy atom. The molecule has 1 atom stereocenters. The molecule has 0 radical (unpaired) electrons. The van der Waals surface area contributed by atoms with Gasteiger partial charge in [-0.05, 0) is 37.6 Å². The molecule has 1 aromatic carbocycles. The summed E-state index contributed by atoms with van der Waals surface area (Å²) in [5.74, 6) is 0.819. The van der Waals surface area contributed by atoms with Crippen LogP contribution in [0.1, 0.15) is 31.9 Å². The van der Waals surface area contributed by atoms with E-state index < -0.39 is 0 Å². The normalized spacial score (nSPS) is 17.3. The highest BCUT2D eigenvalue weighted by atomic mass is 35.5. The molecule has 100 valence electrons. The zero-order valence-electron chi connectivity index (χ0n) is 10.9. The average molecular weight is 270 g/mol. The zero-order valence-corrected chi connectivity index (χ0v) is 11.7. The molecule has 0 bridgehead atoms. The molecule has 1 heterocycles. The fourth-order valence-corrected chi connectivity index (χ4v) is 2.21. The Labute approximate surface area is 113 Å². The molecule has 1 aliphatic rings. The van der Waals surface area contributed by atoms with E-state index in [4.69, 9.17) is 21.1 Å². The number of halogens is 1. The summed E-state index contributed by atoms with van der Waals surface area (Å²) in [7, 11) is 0. The van der Waals surface area contributed by atoms with Crippen molar-refractivity contribution in [2.45, 2.75) is 32.4 Å². The minimum absolute atomic E-state index is 0.183. The molecule has 1 aromatic rings. The van der Waals surface area contributed by atoms with Crippen LogP contribution in [-0.4, -0.2) is 25.9 Å². The van der Waals surface area contributed by atoms with Crippen LogP contribution in [0.25, 0.3) is 0 Å². The summed E-state index contributed by atoms with van der Waals surface area (Å²) in [5.41, 5.74) is 1.11. The van der Waals surface area contributed by atoms with Crippen LogP contribution in [0.5, 0.6) is 5.75 Å². The lowest BCUT2D eigenvalue weighted by Crippen LogP contribution is -2.38. The summed E-state index contributed by atoms with van der Waals surface area (Å²) in [6, 6.07) is 6.16. The minimum Gasteiger partial charge on any atom is -0.486 e. The Morgan fingerprint density at radius 2 is 2.28 bits per heavy atom. The third-order valence-electron chi connectivity index (χ3n) is 3.05. The van der Waals surface area contributed by atoms with Crippen LogP contribution >= 0.6 is 11.6 Å². The highest BCUT2D eigenvalue weighted by Gasteiger charge is 2.20. The van der Waals surface area contributed by atoms with E-state index in [1.165, 1.54) is 0 Å². The lowest BCUT2D eigenvalue weighted by molar-refractivity contribution is -0.0796. The molecule has 0 amide bonds. The van der Waals surface area contributed by atoms with Crippen molar-refractivity contribution in [1.82, 2.24) is 5.32 Å². The summed E-state index contributed by atoms with van der Waals surface area (Å²) in [6.07, 6.45) is 1.30. The Bertz CT molecular complexity index is 393. The van der Waals surface area contributed by atoms with Crippen LogP contribution in [0.3, 0.4) is 0 Å². The van der Waals surface area contributed by atoms with E-state index in [0.29, 0.717) is 13.2 Å². The summed E-state index contributed by atoms with van der Waals surface area (Å²) in [4.78, 5) is 0. The van der Waals surface area contributed by atoms with E-state index in [-0.39, 0.29) is 12.1 Å². The van der Waals surface area contributed by atoms with Gasteiger partial charge in [-0.25, -0.2) is 0 Å². The summed E-state index contributed by atoms with van der Waals surface area (Å²) in [5, 5.41) is 4.18. The Kier molecular flexibility index (Phi) is 4.87. The Balaban J connectivity index is 1.99. The van der Waals surface area contributed by atoms with Crippen molar-refractivity contribution in [2.24, 2.45) is 0 Å². The number of hydrogen-bond acceptors (Lipinski definition) is 3. The SMILES string of the molecule is CCCNC(C)c1ccc(OC2COC2)cc1Cl. The molecule has 4 heteroatoms. The first-order valence-corrected chi connectivity index (χ1v) is 6.85. The maximum Gasteiger partial charge on any atom is 0.145 e. The molecule has 18 heavy (non-hydrogen) atoms. The molecule has 0 aromatic heterocycles. The van der Waals surface area contributed by atoms with Gasteiger partial charge >= 0.3 is 0 Å². The number of rotatable bonds is 6. The maximum atomic E-state index is 6.30. The molecular formula is C14H20ClNO2. The van der Waals surface area contributed by atoms with Crippen LogP contribution in [0.4, 0.5) is 0 Å².